The second-order valence-electron chi connectivity index (χ2n) is 5.35. The molecule has 0 bridgehead atoms. The number of benzene rings is 1. The molecule has 130 valence electrons. The van der Waals surface area contributed by atoms with Crippen LogP contribution < -0.4 is 14.8 Å². The lowest BCUT2D eigenvalue weighted by molar-refractivity contribution is -0.148. The molecule has 0 unspecified atom stereocenters. The van der Waals surface area contributed by atoms with Crippen LogP contribution in [0.3, 0.4) is 0 Å². The first kappa shape index (κ1) is 18.4. The number of alkyl halides is 3. The number of ether oxygens (including phenoxy) is 2. The van der Waals surface area contributed by atoms with E-state index in [9.17, 15) is 13.2 Å². The quantitative estimate of drug-likeness (QED) is 0.827. The summed E-state index contributed by atoms with van der Waals surface area (Å²) in [5.41, 5.74) is 0.557. The zero-order valence-corrected chi connectivity index (χ0v) is 14.6. The van der Waals surface area contributed by atoms with Gasteiger partial charge in [0.2, 0.25) is 0 Å². The molecule has 1 aliphatic heterocycles. The van der Waals surface area contributed by atoms with Crippen LogP contribution >= 0.6 is 15.9 Å². The molecule has 2 rings (SSSR count). The Kier molecular flexibility index (Phi) is 6.16. The fraction of sp³-hybridized carbons (Fsp3) is 0.600. The van der Waals surface area contributed by atoms with Gasteiger partial charge in [-0.1, -0.05) is 15.9 Å². The van der Waals surface area contributed by atoms with Crippen LogP contribution in [0.25, 0.3) is 0 Å². The Hall–Kier alpha value is -0.990. The summed E-state index contributed by atoms with van der Waals surface area (Å²) in [6.07, 6.45) is -5.15. The lowest BCUT2D eigenvalue weighted by Crippen LogP contribution is -2.46. The zero-order valence-electron chi connectivity index (χ0n) is 13.0. The van der Waals surface area contributed by atoms with Crippen molar-refractivity contribution in [2.45, 2.75) is 18.6 Å². The van der Waals surface area contributed by atoms with Gasteiger partial charge in [-0.3, -0.25) is 4.90 Å². The molecular weight excluding hydrogens is 377 g/mol. The molecular formula is C15H20BrF3N2O2. The number of rotatable bonds is 5. The lowest BCUT2D eigenvalue weighted by Gasteiger charge is -2.36. The highest BCUT2D eigenvalue weighted by atomic mass is 79.9. The summed E-state index contributed by atoms with van der Waals surface area (Å²) < 4.78 is 50.3. The molecule has 1 aromatic carbocycles. The second-order valence-corrected chi connectivity index (χ2v) is 6.20. The van der Waals surface area contributed by atoms with Crippen LogP contribution in [0.1, 0.15) is 18.0 Å². The largest absolute Gasteiger partial charge is 0.493 e. The minimum Gasteiger partial charge on any atom is -0.493 e. The summed E-state index contributed by atoms with van der Waals surface area (Å²) in [7, 11) is 2.96. The van der Waals surface area contributed by atoms with Crippen molar-refractivity contribution in [1.82, 2.24) is 10.2 Å². The van der Waals surface area contributed by atoms with E-state index in [1.54, 1.807) is 12.1 Å². The van der Waals surface area contributed by atoms with Crippen molar-refractivity contribution < 1.29 is 22.6 Å². The maximum Gasteiger partial charge on any atom is 0.390 e. The van der Waals surface area contributed by atoms with Crippen molar-refractivity contribution in [1.29, 1.82) is 0 Å². The van der Waals surface area contributed by atoms with Gasteiger partial charge in [0.1, 0.15) is 0 Å². The van der Waals surface area contributed by atoms with Gasteiger partial charge in [0.15, 0.2) is 11.5 Å². The first-order chi connectivity index (χ1) is 10.9. The van der Waals surface area contributed by atoms with E-state index in [1.807, 2.05) is 4.90 Å². The molecule has 1 saturated heterocycles. The van der Waals surface area contributed by atoms with Crippen LogP contribution in [0.15, 0.2) is 16.6 Å². The number of hydrogen-bond donors (Lipinski definition) is 1. The average molecular weight is 397 g/mol. The minimum absolute atomic E-state index is 0.424. The fourth-order valence-electron chi connectivity index (χ4n) is 2.77. The van der Waals surface area contributed by atoms with Gasteiger partial charge in [0.25, 0.3) is 0 Å². The molecule has 1 heterocycles. The Morgan fingerprint density at radius 2 is 1.74 bits per heavy atom. The maximum atomic E-state index is 13.1. The van der Waals surface area contributed by atoms with E-state index in [0.29, 0.717) is 47.7 Å². The molecule has 0 aromatic heterocycles. The van der Waals surface area contributed by atoms with Crippen LogP contribution in [0.4, 0.5) is 13.2 Å². The Labute approximate surface area is 142 Å². The van der Waals surface area contributed by atoms with E-state index in [4.69, 9.17) is 9.47 Å². The first-order valence-corrected chi connectivity index (χ1v) is 8.08. The number of hydrogen-bond acceptors (Lipinski definition) is 4. The lowest BCUT2D eigenvalue weighted by atomic mass is 10.00. The number of nitrogens with one attached hydrogen (secondary N) is 1. The molecule has 1 aromatic rings. The number of methoxy groups -OCH3 is 2. The van der Waals surface area contributed by atoms with Gasteiger partial charge >= 0.3 is 6.18 Å². The molecule has 0 aliphatic carbocycles. The van der Waals surface area contributed by atoms with Crippen LogP contribution in [0.5, 0.6) is 11.5 Å². The van der Waals surface area contributed by atoms with Crippen molar-refractivity contribution in [2.75, 3.05) is 40.4 Å². The summed E-state index contributed by atoms with van der Waals surface area (Å²) in [5, 5.41) is 3.16. The van der Waals surface area contributed by atoms with Crippen molar-refractivity contribution >= 4 is 15.9 Å². The Morgan fingerprint density at radius 1 is 1.17 bits per heavy atom. The number of nitrogens with zero attached hydrogens (tertiary/aromatic N) is 1. The highest BCUT2D eigenvalue weighted by Gasteiger charge is 2.37. The van der Waals surface area contributed by atoms with Gasteiger partial charge in [-0.05, 0) is 17.7 Å². The molecule has 0 saturated carbocycles. The Bertz CT molecular complexity index is 534. The third-order valence-corrected chi connectivity index (χ3v) is 4.57. The van der Waals surface area contributed by atoms with E-state index < -0.39 is 18.6 Å². The van der Waals surface area contributed by atoms with Gasteiger partial charge < -0.3 is 14.8 Å². The summed E-state index contributed by atoms with van der Waals surface area (Å²) in [4.78, 5) is 1.86. The summed E-state index contributed by atoms with van der Waals surface area (Å²) in [6, 6.07) is 2.52. The highest BCUT2D eigenvalue weighted by molar-refractivity contribution is 9.10. The maximum absolute atomic E-state index is 13.1. The van der Waals surface area contributed by atoms with Crippen molar-refractivity contribution in [3.8, 4) is 11.5 Å². The van der Waals surface area contributed by atoms with Crippen LogP contribution in [-0.2, 0) is 0 Å². The Morgan fingerprint density at radius 3 is 2.26 bits per heavy atom. The Balaban J connectivity index is 2.41. The van der Waals surface area contributed by atoms with Gasteiger partial charge in [-0.15, -0.1) is 0 Å². The molecule has 0 amide bonds. The van der Waals surface area contributed by atoms with Gasteiger partial charge in [-0.25, -0.2) is 0 Å². The SMILES string of the molecule is COc1cc(Br)c([C@@H](CC(F)(F)F)N2CCNCC2)cc1OC. The predicted molar refractivity (Wildman–Crippen MR) is 85.1 cm³/mol. The normalized spacial score (nSPS) is 17.8. The van der Waals surface area contributed by atoms with Crippen LogP contribution in [0.2, 0.25) is 0 Å². The first-order valence-electron chi connectivity index (χ1n) is 7.28. The molecule has 4 nitrogen and oxygen atoms in total. The molecule has 23 heavy (non-hydrogen) atoms. The average Bonchev–Trinajstić information content (AvgIpc) is 2.52. The van der Waals surface area contributed by atoms with E-state index >= 15 is 0 Å². The molecule has 8 heteroatoms. The summed E-state index contributed by atoms with van der Waals surface area (Å²) in [6.45, 7) is 2.50. The predicted octanol–water partition coefficient (Wildman–Crippen LogP) is 3.37. The zero-order chi connectivity index (χ0) is 17.0. The second kappa shape index (κ2) is 7.72. The molecule has 1 N–H and O–H groups in total. The molecule has 0 radical (unpaired) electrons. The third-order valence-electron chi connectivity index (χ3n) is 3.88. The van der Waals surface area contributed by atoms with E-state index in [0.717, 1.165) is 0 Å². The molecule has 1 aliphatic rings. The smallest absolute Gasteiger partial charge is 0.390 e. The molecule has 1 atom stereocenters. The van der Waals surface area contributed by atoms with Gasteiger partial charge in [0.05, 0.1) is 20.6 Å². The van der Waals surface area contributed by atoms with E-state index in [1.165, 1.54) is 14.2 Å². The van der Waals surface area contributed by atoms with Crippen LogP contribution in [0, 0.1) is 0 Å². The van der Waals surface area contributed by atoms with Crippen LogP contribution in [-0.4, -0.2) is 51.5 Å². The molecule has 0 spiro atoms. The fourth-order valence-corrected chi connectivity index (χ4v) is 3.36. The monoisotopic (exact) mass is 396 g/mol. The summed E-state index contributed by atoms with van der Waals surface area (Å²) >= 11 is 3.38. The summed E-state index contributed by atoms with van der Waals surface area (Å²) in [5.74, 6) is 0.905. The van der Waals surface area contributed by atoms with Gasteiger partial charge in [-0.2, -0.15) is 13.2 Å². The molecule has 1 fully saturated rings. The van der Waals surface area contributed by atoms with E-state index in [2.05, 4.69) is 21.2 Å². The van der Waals surface area contributed by atoms with Crippen molar-refractivity contribution in [2.24, 2.45) is 0 Å². The topological polar surface area (TPSA) is 33.7 Å². The minimum atomic E-state index is -4.25. The van der Waals surface area contributed by atoms with Gasteiger partial charge in [0, 0.05) is 36.7 Å². The van der Waals surface area contributed by atoms with Crippen molar-refractivity contribution in [3.05, 3.63) is 22.2 Å². The standard InChI is InChI=1S/C15H20BrF3N2O2/c1-22-13-7-10(11(16)8-14(13)23-2)12(9-15(17,18)19)21-5-3-20-4-6-21/h7-8,12,20H,3-6,9H2,1-2H3/t12-/m1/s1. The van der Waals surface area contributed by atoms with E-state index in [-0.39, 0.29) is 0 Å². The number of halogens is 4. The highest BCUT2D eigenvalue weighted by Crippen LogP contribution is 2.41. The van der Waals surface area contributed by atoms with Crippen molar-refractivity contribution in [3.63, 3.8) is 0 Å². The number of piperazine rings is 1. The third kappa shape index (κ3) is 4.74.